The van der Waals surface area contributed by atoms with Gasteiger partial charge < -0.3 is 4.74 Å². The van der Waals surface area contributed by atoms with Crippen molar-refractivity contribution < 1.29 is 9.53 Å². The molecule has 0 N–H and O–H groups in total. The van der Waals surface area contributed by atoms with E-state index in [1.54, 1.807) is 0 Å². The van der Waals surface area contributed by atoms with Crippen molar-refractivity contribution in [3.05, 3.63) is 34.3 Å². The van der Waals surface area contributed by atoms with Crippen molar-refractivity contribution in [2.45, 2.75) is 32.3 Å². The van der Waals surface area contributed by atoms with Crippen LogP contribution in [0.4, 0.5) is 0 Å². The fourth-order valence-corrected chi connectivity index (χ4v) is 2.47. The third kappa shape index (κ3) is 4.32. The summed E-state index contributed by atoms with van der Waals surface area (Å²) in [5.74, 6) is 0.400. The predicted octanol–water partition coefficient (Wildman–Crippen LogP) is 3.19. The molecule has 0 unspecified atom stereocenters. The lowest BCUT2D eigenvalue weighted by atomic mass is 9.92. The summed E-state index contributed by atoms with van der Waals surface area (Å²) in [5, 5.41) is 0. The Hall–Kier alpha value is -0.870. The number of carbonyl (C=O) groups excluding carboxylic acids is 1. The van der Waals surface area contributed by atoms with Crippen LogP contribution >= 0.6 is 15.9 Å². The summed E-state index contributed by atoms with van der Waals surface area (Å²) in [6.45, 7) is 7.94. The number of rotatable bonds is 3. The fourth-order valence-electron chi connectivity index (χ4n) is 2.20. The molecule has 0 aliphatic carbocycles. The summed E-state index contributed by atoms with van der Waals surface area (Å²) < 4.78 is 6.41. The second kappa shape index (κ2) is 5.63. The van der Waals surface area contributed by atoms with Crippen LogP contribution in [0.5, 0.6) is 0 Å². The van der Waals surface area contributed by atoms with Crippen molar-refractivity contribution in [2.24, 2.45) is 0 Å². The molecule has 1 aromatic carbocycles. The topological polar surface area (TPSA) is 29.5 Å². The van der Waals surface area contributed by atoms with Gasteiger partial charge in [-0.2, -0.15) is 0 Å². The molecule has 0 bridgehead atoms. The van der Waals surface area contributed by atoms with Crippen LogP contribution in [0.2, 0.25) is 0 Å². The number of ether oxygens (including phenoxy) is 1. The standard InChI is InChI=1S/C15H20BrNO2/c1-15(2,3)19-14(18)10-17-8-12(9-17)11-4-6-13(16)7-5-11/h4-7,12H,8-10H2,1-3H3. The maximum Gasteiger partial charge on any atom is 0.320 e. The molecule has 1 fully saturated rings. The number of hydrogen-bond acceptors (Lipinski definition) is 3. The Balaban J connectivity index is 1.77. The summed E-state index contributed by atoms with van der Waals surface area (Å²) in [7, 11) is 0. The third-order valence-electron chi connectivity index (χ3n) is 3.07. The number of carbonyl (C=O) groups is 1. The Kier molecular flexibility index (Phi) is 4.31. The van der Waals surface area contributed by atoms with Crippen LogP contribution in [-0.4, -0.2) is 36.1 Å². The molecule has 1 saturated heterocycles. The van der Waals surface area contributed by atoms with E-state index in [9.17, 15) is 4.79 Å². The quantitative estimate of drug-likeness (QED) is 0.799. The number of halogens is 1. The highest BCUT2D eigenvalue weighted by atomic mass is 79.9. The van der Waals surface area contributed by atoms with Crippen molar-refractivity contribution >= 4 is 21.9 Å². The van der Waals surface area contributed by atoms with Gasteiger partial charge >= 0.3 is 5.97 Å². The van der Waals surface area contributed by atoms with E-state index in [1.165, 1.54) is 5.56 Å². The van der Waals surface area contributed by atoms with Crippen LogP contribution in [-0.2, 0) is 9.53 Å². The van der Waals surface area contributed by atoms with E-state index in [-0.39, 0.29) is 5.97 Å². The smallest absolute Gasteiger partial charge is 0.320 e. The first-order valence-electron chi connectivity index (χ1n) is 6.53. The van der Waals surface area contributed by atoms with Crippen LogP contribution in [0.15, 0.2) is 28.7 Å². The lowest BCUT2D eigenvalue weighted by molar-refractivity contribution is -0.157. The van der Waals surface area contributed by atoms with Crippen molar-refractivity contribution in [3.8, 4) is 0 Å². The molecule has 0 radical (unpaired) electrons. The first-order valence-corrected chi connectivity index (χ1v) is 7.32. The van der Waals surface area contributed by atoms with E-state index in [4.69, 9.17) is 4.74 Å². The van der Waals surface area contributed by atoms with E-state index in [0.717, 1.165) is 17.6 Å². The minimum atomic E-state index is -0.396. The lowest BCUT2D eigenvalue weighted by Crippen LogP contribution is -2.48. The van der Waals surface area contributed by atoms with Crippen molar-refractivity contribution in [2.75, 3.05) is 19.6 Å². The SMILES string of the molecule is CC(C)(C)OC(=O)CN1CC(c2ccc(Br)cc2)C1. The number of hydrogen-bond donors (Lipinski definition) is 0. The van der Waals surface area contributed by atoms with Gasteiger partial charge in [-0.15, -0.1) is 0 Å². The number of benzene rings is 1. The average molecular weight is 326 g/mol. The Bertz CT molecular complexity index is 444. The third-order valence-corrected chi connectivity index (χ3v) is 3.60. The first-order chi connectivity index (χ1) is 8.83. The number of esters is 1. The van der Waals surface area contributed by atoms with Gasteiger partial charge in [-0.05, 0) is 38.5 Å². The van der Waals surface area contributed by atoms with Crippen LogP contribution in [0, 0.1) is 0 Å². The van der Waals surface area contributed by atoms with E-state index in [0.29, 0.717) is 12.5 Å². The molecule has 0 aromatic heterocycles. The molecule has 4 heteroatoms. The first kappa shape index (κ1) is 14.5. The molecular weight excluding hydrogens is 306 g/mol. The molecule has 0 amide bonds. The summed E-state index contributed by atoms with van der Waals surface area (Å²) in [6, 6.07) is 8.40. The Morgan fingerprint density at radius 2 is 1.89 bits per heavy atom. The summed E-state index contributed by atoms with van der Waals surface area (Å²) >= 11 is 3.44. The zero-order valence-electron chi connectivity index (χ0n) is 11.6. The van der Waals surface area contributed by atoms with Crippen molar-refractivity contribution in [1.82, 2.24) is 4.90 Å². The summed E-state index contributed by atoms with van der Waals surface area (Å²) in [4.78, 5) is 13.8. The van der Waals surface area contributed by atoms with Crippen LogP contribution in [0.3, 0.4) is 0 Å². The molecule has 3 nitrogen and oxygen atoms in total. The van der Waals surface area contributed by atoms with Crippen LogP contribution < -0.4 is 0 Å². The lowest BCUT2D eigenvalue weighted by Gasteiger charge is -2.39. The Morgan fingerprint density at radius 3 is 2.42 bits per heavy atom. The summed E-state index contributed by atoms with van der Waals surface area (Å²) in [6.07, 6.45) is 0. The molecule has 1 heterocycles. The van der Waals surface area contributed by atoms with Gasteiger partial charge in [-0.3, -0.25) is 9.69 Å². The highest BCUT2D eigenvalue weighted by Gasteiger charge is 2.30. The van der Waals surface area contributed by atoms with Gasteiger partial charge in [0.25, 0.3) is 0 Å². The molecule has 1 aliphatic heterocycles. The maximum atomic E-state index is 11.7. The van der Waals surface area contributed by atoms with Gasteiger partial charge in [0.15, 0.2) is 0 Å². The Morgan fingerprint density at radius 1 is 1.32 bits per heavy atom. The van der Waals surface area contributed by atoms with Gasteiger partial charge in [0.1, 0.15) is 5.60 Å². The Labute approximate surface area is 123 Å². The van der Waals surface area contributed by atoms with Gasteiger partial charge in [-0.1, -0.05) is 28.1 Å². The van der Waals surface area contributed by atoms with E-state index >= 15 is 0 Å². The normalized spacial score (nSPS) is 17.1. The highest BCUT2D eigenvalue weighted by molar-refractivity contribution is 9.10. The number of nitrogens with zero attached hydrogens (tertiary/aromatic N) is 1. The molecule has 0 saturated carbocycles. The van der Waals surface area contributed by atoms with E-state index in [1.807, 2.05) is 20.8 Å². The molecule has 104 valence electrons. The van der Waals surface area contributed by atoms with Gasteiger partial charge in [0.05, 0.1) is 6.54 Å². The van der Waals surface area contributed by atoms with Crippen molar-refractivity contribution in [3.63, 3.8) is 0 Å². The minimum Gasteiger partial charge on any atom is -0.459 e. The molecule has 2 rings (SSSR count). The highest BCUT2D eigenvalue weighted by Crippen LogP contribution is 2.27. The molecule has 1 aromatic rings. The number of likely N-dealkylation sites (tertiary alicyclic amines) is 1. The second-order valence-electron chi connectivity index (χ2n) is 6.03. The molecule has 19 heavy (non-hydrogen) atoms. The molecular formula is C15H20BrNO2. The average Bonchev–Trinajstić information content (AvgIpc) is 2.22. The monoisotopic (exact) mass is 325 g/mol. The fraction of sp³-hybridized carbons (Fsp3) is 0.533. The maximum absolute atomic E-state index is 11.7. The predicted molar refractivity (Wildman–Crippen MR) is 79.2 cm³/mol. The van der Waals surface area contributed by atoms with Crippen LogP contribution in [0.1, 0.15) is 32.3 Å². The van der Waals surface area contributed by atoms with Gasteiger partial charge in [-0.25, -0.2) is 0 Å². The molecule has 0 spiro atoms. The largest absolute Gasteiger partial charge is 0.459 e. The molecule has 1 aliphatic rings. The summed E-state index contributed by atoms with van der Waals surface area (Å²) in [5.41, 5.74) is 0.941. The second-order valence-corrected chi connectivity index (χ2v) is 6.94. The van der Waals surface area contributed by atoms with Crippen molar-refractivity contribution in [1.29, 1.82) is 0 Å². The van der Waals surface area contributed by atoms with Crippen LogP contribution in [0.25, 0.3) is 0 Å². The van der Waals surface area contributed by atoms with Gasteiger partial charge in [0.2, 0.25) is 0 Å². The van der Waals surface area contributed by atoms with E-state index < -0.39 is 5.60 Å². The minimum absolute atomic E-state index is 0.137. The zero-order chi connectivity index (χ0) is 14.0. The molecule has 0 atom stereocenters. The zero-order valence-corrected chi connectivity index (χ0v) is 13.2. The van der Waals surface area contributed by atoms with E-state index in [2.05, 4.69) is 45.1 Å². The van der Waals surface area contributed by atoms with Gasteiger partial charge in [0, 0.05) is 23.5 Å².